The highest BCUT2D eigenvalue weighted by atomic mass is 16.6. The number of benzene rings is 1. The van der Waals surface area contributed by atoms with Crippen molar-refractivity contribution in [2.45, 2.75) is 6.42 Å². The predicted octanol–water partition coefficient (Wildman–Crippen LogP) is 1.70. The van der Waals surface area contributed by atoms with Gasteiger partial charge in [-0.2, -0.15) is 0 Å². The standard InChI is InChI=1S/C12H12N2O5/c1-2-7-19-12(15)10(13-16)8-9-5-3-4-6-11(9)14(17)18/h2-6,16H,1,7-8H2. The van der Waals surface area contributed by atoms with Crippen LogP contribution in [0, 0.1) is 10.1 Å². The number of carbonyl (C=O) groups excluding carboxylic acids is 1. The molecule has 0 atom stereocenters. The van der Waals surface area contributed by atoms with Crippen molar-refractivity contribution in [2.75, 3.05) is 6.61 Å². The number of hydrogen-bond donors (Lipinski definition) is 1. The Labute approximate surface area is 109 Å². The average molecular weight is 264 g/mol. The van der Waals surface area contributed by atoms with E-state index in [4.69, 9.17) is 9.94 Å². The second-order valence-corrected chi connectivity index (χ2v) is 3.50. The fourth-order valence-corrected chi connectivity index (χ4v) is 1.39. The molecule has 0 aliphatic rings. The predicted molar refractivity (Wildman–Crippen MR) is 67.2 cm³/mol. The summed E-state index contributed by atoms with van der Waals surface area (Å²) in [6, 6.07) is 5.88. The minimum absolute atomic E-state index is 0.0330. The Hall–Kier alpha value is -2.70. The molecule has 0 fully saturated rings. The number of oxime groups is 1. The Morgan fingerprint density at radius 2 is 2.21 bits per heavy atom. The molecule has 7 heteroatoms. The van der Waals surface area contributed by atoms with Gasteiger partial charge < -0.3 is 9.94 Å². The molecule has 0 spiro atoms. The highest BCUT2D eigenvalue weighted by molar-refractivity contribution is 6.36. The van der Waals surface area contributed by atoms with Gasteiger partial charge in [-0.05, 0) is 0 Å². The number of esters is 1. The number of ether oxygens (including phenoxy) is 1. The Morgan fingerprint density at radius 1 is 1.53 bits per heavy atom. The molecule has 19 heavy (non-hydrogen) atoms. The van der Waals surface area contributed by atoms with Crippen LogP contribution in [0.2, 0.25) is 0 Å². The van der Waals surface area contributed by atoms with Gasteiger partial charge in [0.2, 0.25) is 0 Å². The van der Waals surface area contributed by atoms with E-state index in [0.29, 0.717) is 0 Å². The highest BCUT2D eigenvalue weighted by Crippen LogP contribution is 2.18. The number of nitro benzene ring substituents is 1. The summed E-state index contributed by atoms with van der Waals surface area (Å²) in [5.41, 5.74) is -0.202. The number of carbonyl (C=O) groups is 1. The third-order valence-electron chi connectivity index (χ3n) is 2.23. The molecule has 0 amide bonds. The van der Waals surface area contributed by atoms with Crippen LogP contribution < -0.4 is 0 Å². The lowest BCUT2D eigenvalue weighted by Gasteiger charge is -2.05. The zero-order valence-corrected chi connectivity index (χ0v) is 9.98. The first-order valence-corrected chi connectivity index (χ1v) is 5.31. The van der Waals surface area contributed by atoms with E-state index in [0.717, 1.165) is 0 Å². The van der Waals surface area contributed by atoms with Crippen LogP contribution in [0.3, 0.4) is 0 Å². The summed E-state index contributed by atoms with van der Waals surface area (Å²) < 4.78 is 4.70. The summed E-state index contributed by atoms with van der Waals surface area (Å²) in [7, 11) is 0. The second-order valence-electron chi connectivity index (χ2n) is 3.50. The van der Waals surface area contributed by atoms with E-state index in [1.165, 1.54) is 24.3 Å². The molecule has 1 rings (SSSR count). The highest BCUT2D eigenvalue weighted by Gasteiger charge is 2.20. The normalized spacial score (nSPS) is 10.8. The van der Waals surface area contributed by atoms with Gasteiger partial charge in [0, 0.05) is 18.1 Å². The molecule has 0 bridgehead atoms. The van der Waals surface area contributed by atoms with Crippen molar-refractivity contribution in [1.29, 1.82) is 0 Å². The van der Waals surface area contributed by atoms with Gasteiger partial charge in [0.05, 0.1) is 4.92 Å². The largest absolute Gasteiger partial charge is 0.457 e. The maximum Gasteiger partial charge on any atom is 0.356 e. The van der Waals surface area contributed by atoms with E-state index in [2.05, 4.69) is 11.7 Å². The van der Waals surface area contributed by atoms with E-state index >= 15 is 0 Å². The molecule has 1 N–H and O–H groups in total. The zero-order chi connectivity index (χ0) is 14.3. The van der Waals surface area contributed by atoms with Crippen LogP contribution in [0.5, 0.6) is 0 Å². The molecule has 0 saturated heterocycles. The second kappa shape index (κ2) is 6.90. The van der Waals surface area contributed by atoms with Gasteiger partial charge in [0.1, 0.15) is 6.61 Å². The van der Waals surface area contributed by atoms with E-state index in [9.17, 15) is 14.9 Å². The number of para-hydroxylation sites is 1. The fourth-order valence-electron chi connectivity index (χ4n) is 1.39. The monoisotopic (exact) mass is 264 g/mol. The summed E-state index contributed by atoms with van der Waals surface area (Å²) in [5.74, 6) is -0.847. The lowest BCUT2D eigenvalue weighted by atomic mass is 10.1. The van der Waals surface area contributed by atoms with Gasteiger partial charge >= 0.3 is 5.97 Å². The van der Waals surface area contributed by atoms with Crippen molar-refractivity contribution in [3.05, 3.63) is 52.6 Å². The molecule has 1 aromatic carbocycles. The van der Waals surface area contributed by atoms with Crippen LogP contribution in [0.1, 0.15) is 5.56 Å². The molecule has 0 saturated carbocycles. The molecule has 0 aromatic heterocycles. The Bertz CT molecular complexity index is 525. The van der Waals surface area contributed by atoms with E-state index in [1.807, 2.05) is 0 Å². The first kappa shape index (κ1) is 14.4. The molecule has 0 aliphatic carbocycles. The van der Waals surface area contributed by atoms with Crippen LogP contribution >= 0.6 is 0 Å². The average Bonchev–Trinajstić information content (AvgIpc) is 2.42. The summed E-state index contributed by atoms with van der Waals surface area (Å²) in [6.45, 7) is 3.34. The van der Waals surface area contributed by atoms with Crippen LogP contribution in [-0.4, -0.2) is 28.4 Å². The summed E-state index contributed by atoms with van der Waals surface area (Å²) in [5, 5.41) is 22.4. The molecule has 0 heterocycles. The third kappa shape index (κ3) is 3.91. The van der Waals surface area contributed by atoms with E-state index in [1.54, 1.807) is 6.07 Å². The van der Waals surface area contributed by atoms with Crippen molar-refractivity contribution in [1.82, 2.24) is 0 Å². The van der Waals surface area contributed by atoms with Crippen LogP contribution in [-0.2, 0) is 16.0 Å². The Balaban J connectivity index is 2.91. The zero-order valence-electron chi connectivity index (χ0n) is 9.98. The van der Waals surface area contributed by atoms with Crippen molar-refractivity contribution in [2.24, 2.45) is 5.16 Å². The minimum atomic E-state index is -0.847. The molecule has 7 nitrogen and oxygen atoms in total. The quantitative estimate of drug-likeness (QED) is 0.210. The SMILES string of the molecule is C=CCOC(=O)C(Cc1ccccc1[N+](=O)[O-])=NO. The minimum Gasteiger partial charge on any atom is -0.457 e. The number of nitro groups is 1. The summed E-state index contributed by atoms with van der Waals surface area (Å²) >= 11 is 0. The summed E-state index contributed by atoms with van der Waals surface area (Å²) in [6.07, 6.45) is 1.17. The number of rotatable bonds is 6. The van der Waals surface area contributed by atoms with Crippen LogP contribution in [0.25, 0.3) is 0 Å². The van der Waals surface area contributed by atoms with E-state index in [-0.39, 0.29) is 30.0 Å². The number of hydrogen-bond acceptors (Lipinski definition) is 6. The lowest BCUT2D eigenvalue weighted by molar-refractivity contribution is -0.385. The van der Waals surface area contributed by atoms with Gasteiger partial charge in [-0.1, -0.05) is 36.0 Å². The van der Waals surface area contributed by atoms with Crippen LogP contribution in [0.4, 0.5) is 5.69 Å². The van der Waals surface area contributed by atoms with Crippen molar-refractivity contribution in [3.8, 4) is 0 Å². The molecule has 0 radical (unpaired) electrons. The molecular weight excluding hydrogens is 252 g/mol. The van der Waals surface area contributed by atoms with Crippen LogP contribution in [0.15, 0.2) is 42.1 Å². The Morgan fingerprint density at radius 3 is 2.79 bits per heavy atom. The molecule has 0 aliphatic heterocycles. The topological polar surface area (TPSA) is 102 Å². The third-order valence-corrected chi connectivity index (χ3v) is 2.23. The van der Waals surface area contributed by atoms with Crippen molar-refractivity contribution >= 4 is 17.4 Å². The van der Waals surface area contributed by atoms with E-state index < -0.39 is 10.9 Å². The number of nitrogens with zero attached hydrogens (tertiary/aromatic N) is 2. The maximum absolute atomic E-state index is 11.5. The van der Waals surface area contributed by atoms with Crippen molar-refractivity contribution < 1.29 is 19.7 Å². The molecule has 1 aromatic rings. The Kier molecular flexibility index (Phi) is 5.21. The first-order valence-electron chi connectivity index (χ1n) is 5.31. The lowest BCUT2D eigenvalue weighted by Crippen LogP contribution is -2.20. The first-order chi connectivity index (χ1) is 9.10. The molecular formula is C12H12N2O5. The van der Waals surface area contributed by atoms with Gasteiger partial charge in [0.25, 0.3) is 5.69 Å². The molecule has 100 valence electrons. The van der Waals surface area contributed by atoms with Gasteiger partial charge in [0.15, 0.2) is 5.71 Å². The smallest absolute Gasteiger partial charge is 0.356 e. The van der Waals surface area contributed by atoms with Crippen molar-refractivity contribution in [3.63, 3.8) is 0 Å². The van der Waals surface area contributed by atoms with Gasteiger partial charge in [-0.15, -0.1) is 0 Å². The summed E-state index contributed by atoms with van der Waals surface area (Å²) in [4.78, 5) is 21.7. The van der Waals surface area contributed by atoms with Gasteiger partial charge in [-0.3, -0.25) is 10.1 Å². The van der Waals surface area contributed by atoms with Gasteiger partial charge in [-0.25, -0.2) is 4.79 Å². The fraction of sp³-hybridized carbons (Fsp3) is 0.167. The molecule has 0 unspecified atom stereocenters. The maximum atomic E-state index is 11.5.